The molecule has 0 unspecified atom stereocenters. The Morgan fingerprint density at radius 3 is 2.45 bits per heavy atom. The number of nitrogens with two attached hydrogens (primary N) is 1. The third-order valence-corrected chi connectivity index (χ3v) is 3.80. The van der Waals surface area contributed by atoms with E-state index in [1.165, 1.54) is 6.07 Å². The van der Waals surface area contributed by atoms with Gasteiger partial charge in [0.15, 0.2) is 0 Å². The number of amidine groups is 1. The number of phenolic OH excluding ortho intramolecular Hbond substituents is 1. The van der Waals surface area contributed by atoms with E-state index in [-0.39, 0.29) is 22.8 Å². The van der Waals surface area contributed by atoms with Crippen LogP contribution in [0.1, 0.15) is 0 Å². The first-order chi connectivity index (χ1) is 9.34. The maximum atomic E-state index is 11.4. The van der Waals surface area contributed by atoms with E-state index in [1.54, 1.807) is 18.2 Å². The van der Waals surface area contributed by atoms with E-state index >= 15 is 0 Å². The lowest BCUT2D eigenvalue weighted by molar-refractivity contribution is 0.469. The fourth-order valence-electron chi connectivity index (χ4n) is 1.82. The molecule has 0 aliphatic rings. The summed E-state index contributed by atoms with van der Waals surface area (Å²) in [5.41, 5.74) is 5.63. The predicted molar refractivity (Wildman–Crippen MR) is 77.4 cm³/mol. The summed E-state index contributed by atoms with van der Waals surface area (Å²) in [5, 5.41) is 10.5. The van der Waals surface area contributed by atoms with Crippen molar-refractivity contribution in [1.29, 1.82) is 0 Å². The molecular weight excluding hydrogens is 304 g/mol. The zero-order valence-corrected chi connectivity index (χ0v) is 11.7. The number of rotatable bonds is 3. The first-order valence-electron chi connectivity index (χ1n) is 5.46. The summed E-state index contributed by atoms with van der Waals surface area (Å²) in [6, 6.07) is 7.23. The van der Waals surface area contributed by atoms with Crippen molar-refractivity contribution in [1.82, 2.24) is 0 Å². The van der Waals surface area contributed by atoms with E-state index < -0.39 is 20.8 Å². The molecule has 0 aromatic heterocycles. The van der Waals surface area contributed by atoms with Crippen LogP contribution in [0, 0.1) is 0 Å². The van der Waals surface area contributed by atoms with Gasteiger partial charge >= 0.3 is 0 Å². The normalized spacial score (nSPS) is 12.8. The van der Waals surface area contributed by atoms with E-state index in [4.69, 9.17) is 17.3 Å². The van der Waals surface area contributed by atoms with Gasteiger partial charge in [-0.05, 0) is 0 Å². The molecule has 0 saturated carbocycles. The predicted octanol–water partition coefficient (Wildman–Crippen LogP) is 2.02. The second kappa shape index (κ2) is 5.28. The monoisotopic (exact) mass is 314 g/mol. The third kappa shape index (κ3) is 2.69. The number of phenols is 1. The zero-order valence-electron chi connectivity index (χ0n) is 10.1. The van der Waals surface area contributed by atoms with Crippen LogP contribution in [0.15, 0.2) is 40.2 Å². The maximum Gasteiger partial charge on any atom is 0.295 e. The van der Waals surface area contributed by atoms with Crippen LogP contribution in [-0.4, -0.2) is 29.8 Å². The molecule has 6 nitrogen and oxygen atoms in total. The molecule has 8 heteroatoms. The number of alkyl halides is 1. The molecule has 0 radical (unpaired) electrons. The smallest absolute Gasteiger partial charge is 0.295 e. The fraction of sp³-hybridized carbons (Fsp3) is 0.0833. The molecule has 4 N–H and O–H groups in total. The molecule has 0 atom stereocenters. The lowest BCUT2D eigenvalue weighted by Gasteiger charge is -2.09. The highest BCUT2D eigenvalue weighted by atomic mass is 35.5. The molecule has 0 spiro atoms. The molecule has 2 aromatic carbocycles. The van der Waals surface area contributed by atoms with Crippen LogP contribution in [0.5, 0.6) is 5.75 Å². The summed E-state index contributed by atoms with van der Waals surface area (Å²) < 4.78 is 31.9. The number of hydrogen-bond acceptors (Lipinski definition) is 4. The van der Waals surface area contributed by atoms with Gasteiger partial charge in [0.1, 0.15) is 22.2 Å². The van der Waals surface area contributed by atoms with Crippen LogP contribution < -0.4 is 5.73 Å². The molecule has 0 amide bonds. The summed E-state index contributed by atoms with van der Waals surface area (Å²) in [7, 11) is -4.47. The Bertz CT molecular complexity index is 802. The number of nitrogens with zero attached hydrogens (tertiary/aromatic N) is 1. The zero-order chi connectivity index (χ0) is 14.9. The lowest BCUT2D eigenvalue weighted by atomic mass is 10.1. The summed E-state index contributed by atoms with van der Waals surface area (Å²) >= 11 is 5.54. The van der Waals surface area contributed by atoms with Crippen LogP contribution in [-0.2, 0) is 10.1 Å². The van der Waals surface area contributed by atoms with Gasteiger partial charge in [0.25, 0.3) is 10.1 Å². The highest BCUT2D eigenvalue weighted by Crippen LogP contribution is 2.39. The number of aromatic hydroxyl groups is 1. The van der Waals surface area contributed by atoms with Gasteiger partial charge in [-0.1, -0.05) is 24.3 Å². The second-order valence-corrected chi connectivity index (χ2v) is 5.66. The maximum absolute atomic E-state index is 11.4. The average Bonchev–Trinajstić information content (AvgIpc) is 2.40. The molecule has 2 rings (SSSR count). The highest BCUT2D eigenvalue weighted by Gasteiger charge is 2.19. The molecule has 0 aliphatic carbocycles. The van der Waals surface area contributed by atoms with Gasteiger partial charge < -0.3 is 10.8 Å². The van der Waals surface area contributed by atoms with Crippen molar-refractivity contribution in [3.8, 4) is 5.75 Å². The van der Waals surface area contributed by atoms with Gasteiger partial charge in [0, 0.05) is 16.8 Å². The first-order valence-corrected chi connectivity index (χ1v) is 7.43. The minimum Gasteiger partial charge on any atom is -0.506 e. The van der Waals surface area contributed by atoms with Crippen molar-refractivity contribution in [3.05, 3.63) is 30.3 Å². The topological polar surface area (TPSA) is 113 Å². The van der Waals surface area contributed by atoms with Gasteiger partial charge in [-0.25, -0.2) is 4.99 Å². The Morgan fingerprint density at radius 2 is 1.90 bits per heavy atom. The molecule has 2 aromatic rings. The number of benzene rings is 2. The van der Waals surface area contributed by atoms with Crippen molar-refractivity contribution >= 4 is 44.0 Å². The van der Waals surface area contributed by atoms with Crippen LogP contribution >= 0.6 is 11.6 Å². The Kier molecular flexibility index (Phi) is 3.85. The largest absolute Gasteiger partial charge is 0.506 e. The molecule has 0 heterocycles. The molecule has 0 saturated heterocycles. The lowest BCUT2D eigenvalue weighted by Crippen LogP contribution is -2.12. The molecule has 0 bridgehead atoms. The third-order valence-electron chi connectivity index (χ3n) is 2.63. The van der Waals surface area contributed by atoms with Crippen LogP contribution in [0.3, 0.4) is 0 Å². The molecule has 0 aliphatic heterocycles. The summed E-state index contributed by atoms with van der Waals surface area (Å²) in [6.45, 7) is 0. The molecule has 106 valence electrons. The van der Waals surface area contributed by atoms with E-state index in [0.29, 0.717) is 5.39 Å². The van der Waals surface area contributed by atoms with Gasteiger partial charge in [-0.2, -0.15) is 8.42 Å². The van der Waals surface area contributed by atoms with E-state index in [1.807, 2.05) is 0 Å². The Morgan fingerprint density at radius 1 is 1.30 bits per heavy atom. The first kappa shape index (κ1) is 14.6. The van der Waals surface area contributed by atoms with Gasteiger partial charge in [0.05, 0.1) is 5.88 Å². The Hall–Kier alpha value is -1.83. The van der Waals surface area contributed by atoms with Crippen molar-refractivity contribution < 1.29 is 18.1 Å². The Balaban J connectivity index is 2.91. The van der Waals surface area contributed by atoms with Crippen LogP contribution in [0.25, 0.3) is 10.8 Å². The van der Waals surface area contributed by atoms with Crippen molar-refractivity contribution in [2.75, 3.05) is 5.88 Å². The molecular formula is C12H11ClN2O4S. The van der Waals surface area contributed by atoms with E-state index in [9.17, 15) is 18.1 Å². The summed E-state index contributed by atoms with van der Waals surface area (Å²) in [6.07, 6.45) is 0. The van der Waals surface area contributed by atoms with E-state index in [2.05, 4.69) is 4.99 Å². The second-order valence-electron chi connectivity index (χ2n) is 4.00. The molecule has 0 fully saturated rings. The summed E-state index contributed by atoms with van der Waals surface area (Å²) in [5.74, 6) is -0.371. The van der Waals surface area contributed by atoms with Crippen molar-refractivity contribution in [2.24, 2.45) is 10.7 Å². The molecule has 20 heavy (non-hydrogen) atoms. The number of hydrogen-bond donors (Lipinski definition) is 3. The van der Waals surface area contributed by atoms with Crippen molar-refractivity contribution in [2.45, 2.75) is 4.90 Å². The highest BCUT2D eigenvalue weighted by molar-refractivity contribution is 7.86. The Labute approximate surface area is 120 Å². The van der Waals surface area contributed by atoms with Gasteiger partial charge in [-0.3, -0.25) is 4.55 Å². The van der Waals surface area contributed by atoms with Crippen LogP contribution in [0.4, 0.5) is 5.69 Å². The van der Waals surface area contributed by atoms with Gasteiger partial charge in [-0.15, -0.1) is 11.6 Å². The van der Waals surface area contributed by atoms with Crippen LogP contribution in [0.2, 0.25) is 0 Å². The number of aliphatic imine (C=N–C) groups is 1. The fourth-order valence-corrected chi connectivity index (χ4v) is 2.59. The van der Waals surface area contributed by atoms with E-state index in [0.717, 1.165) is 6.07 Å². The van der Waals surface area contributed by atoms with Crippen molar-refractivity contribution in [3.63, 3.8) is 0 Å². The summed E-state index contributed by atoms with van der Waals surface area (Å²) in [4.78, 5) is 3.57. The minimum absolute atomic E-state index is 0.0339. The van der Waals surface area contributed by atoms with Gasteiger partial charge in [0.2, 0.25) is 0 Å². The standard InChI is InChI=1S/C12H11ClN2O4S/c13-6-11(14)15-12-8-4-2-1-3-7(8)10(5-9(12)16)20(17,18)19/h1-5,16H,6H2,(H2,14,15)(H,17,18,19). The SMILES string of the molecule is NC(CCl)=Nc1c(O)cc(S(=O)(=O)O)c2ccccc12. The minimum atomic E-state index is -4.47. The quantitative estimate of drug-likeness (QED) is 0.347. The average molecular weight is 315 g/mol. The number of halogens is 1. The number of fused-ring (bicyclic) bond motifs is 1.